The van der Waals surface area contributed by atoms with Crippen LogP contribution in [0, 0.1) is 5.92 Å². The highest BCUT2D eigenvalue weighted by Crippen LogP contribution is 2.24. The van der Waals surface area contributed by atoms with E-state index in [0.29, 0.717) is 19.6 Å². The Bertz CT molecular complexity index is 1100. The number of nitrogens with zero attached hydrogens (tertiary/aromatic N) is 5. The van der Waals surface area contributed by atoms with E-state index in [0.717, 1.165) is 42.2 Å². The van der Waals surface area contributed by atoms with E-state index in [4.69, 9.17) is 4.74 Å². The van der Waals surface area contributed by atoms with Crippen LogP contribution in [0.5, 0.6) is 5.75 Å². The smallest absolute Gasteiger partial charge is 0.266 e. The van der Waals surface area contributed by atoms with Gasteiger partial charge >= 0.3 is 0 Å². The Labute approximate surface area is 186 Å². The summed E-state index contributed by atoms with van der Waals surface area (Å²) in [4.78, 5) is 26.5. The number of nitrogens with one attached hydrogen (secondary N) is 1. The largest absolute Gasteiger partial charge is 0.497 e. The molecule has 0 bridgehead atoms. The van der Waals surface area contributed by atoms with Gasteiger partial charge in [-0.25, -0.2) is 4.68 Å². The summed E-state index contributed by atoms with van der Waals surface area (Å²) < 4.78 is 6.53. The lowest BCUT2D eigenvalue weighted by Crippen LogP contribution is -2.44. The van der Waals surface area contributed by atoms with Crippen LogP contribution in [-0.2, 0) is 11.3 Å². The third kappa shape index (κ3) is 5.11. The van der Waals surface area contributed by atoms with Crippen molar-refractivity contribution < 1.29 is 9.53 Å². The van der Waals surface area contributed by atoms with Crippen LogP contribution in [0.2, 0.25) is 0 Å². The summed E-state index contributed by atoms with van der Waals surface area (Å²) in [5.74, 6) is 1.41. The lowest BCUT2D eigenvalue weighted by Gasteiger charge is -2.32. The molecule has 3 heterocycles. The van der Waals surface area contributed by atoms with Crippen molar-refractivity contribution in [1.29, 1.82) is 0 Å². The molecule has 2 aromatic heterocycles. The van der Waals surface area contributed by atoms with E-state index in [9.17, 15) is 9.59 Å². The number of benzene rings is 1. The molecule has 1 unspecified atom stereocenters. The predicted molar refractivity (Wildman–Crippen MR) is 120 cm³/mol. The molecule has 9 heteroatoms. The number of carbonyl (C=O) groups is 1. The highest BCUT2D eigenvalue weighted by molar-refractivity contribution is 5.79. The zero-order valence-electron chi connectivity index (χ0n) is 18.0. The SMILES string of the molecule is COc1ccc(-c2ccc(N3CCCC(C(=O)NCCn4ncccc4=O)C3)nn2)cc1. The standard InChI is InChI=1S/C23H26N6O3/c1-32-19-8-6-17(7-9-19)20-10-11-21(27-26-20)28-14-3-4-18(16-28)23(31)24-13-15-29-22(30)5-2-12-25-29/h2,5-12,18H,3-4,13-16H2,1H3,(H,24,31). The van der Waals surface area contributed by atoms with Gasteiger partial charge in [-0.05, 0) is 55.3 Å². The van der Waals surface area contributed by atoms with Gasteiger partial charge in [-0.15, -0.1) is 10.2 Å². The van der Waals surface area contributed by atoms with Gasteiger partial charge in [0.05, 0.1) is 25.3 Å². The Morgan fingerprint density at radius 3 is 2.72 bits per heavy atom. The first kappa shape index (κ1) is 21.5. The average molecular weight is 435 g/mol. The lowest BCUT2D eigenvalue weighted by atomic mass is 9.97. The van der Waals surface area contributed by atoms with Crippen LogP contribution in [-0.4, -0.2) is 52.6 Å². The van der Waals surface area contributed by atoms with E-state index in [2.05, 4.69) is 25.5 Å². The van der Waals surface area contributed by atoms with E-state index in [1.165, 1.54) is 10.7 Å². The second kappa shape index (κ2) is 10.0. The van der Waals surface area contributed by atoms with Crippen LogP contribution >= 0.6 is 0 Å². The van der Waals surface area contributed by atoms with Crippen LogP contribution in [0.4, 0.5) is 5.82 Å². The Balaban J connectivity index is 1.33. The summed E-state index contributed by atoms with van der Waals surface area (Å²) >= 11 is 0. The van der Waals surface area contributed by atoms with Gasteiger partial charge in [0.25, 0.3) is 5.56 Å². The van der Waals surface area contributed by atoms with Crippen LogP contribution in [0.15, 0.2) is 59.5 Å². The van der Waals surface area contributed by atoms with Crippen molar-refractivity contribution >= 4 is 11.7 Å². The summed E-state index contributed by atoms with van der Waals surface area (Å²) in [7, 11) is 1.64. The molecular weight excluding hydrogens is 408 g/mol. The molecule has 1 aliphatic rings. The zero-order chi connectivity index (χ0) is 22.3. The van der Waals surface area contributed by atoms with Crippen molar-refractivity contribution in [3.63, 3.8) is 0 Å². The molecule has 32 heavy (non-hydrogen) atoms. The first-order chi connectivity index (χ1) is 15.6. The zero-order valence-corrected chi connectivity index (χ0v) is 18.0. The number of amides is 1. The molecule has 0 spiro atoms. The Kier molecular flexibility index (Phi) is 6.74. The highest BCUT2D eigenvalue weighted by Gasteiger charge is 2.26. The molecule has 1 aromatic carbocycles. The summed E-state index contributed by atoms with van der Waals surface area (Å²) in [5.41, 5.74) is 1.57. The van der Waals surface area contributed by atoms with Crippen molar-refractivity contribution in [2.24, 2.45) is 5.92 Å². The monoisotopic (exact) mass is 434 g/mol. The molecular formula is C23H26N6O3. The third-order valence-electron chi connectivity index (χ3n) is 5.56. The fourth-order valence-electron chi connectivity index (χ4n) is 3.79. The fourth-order valence-corrected chi connectivity index (χ4v) is 3.79. The topological polar surface area (TPSA) is 102 Å². The first-order valence-corrected chi connectivity index (χ1v) is 10.7. The molecule has 9 nitrogen and oxygen atoms in total. The van der Waals surface area contributed by atoms with E-state index in [1.54, 1.807) is 19.4 Å². The lowest BCUT2D eigenvalue weighted by molar-refractivity contribution is -0.125. The highest BCUT2D eigenvalue weighted by atomic mass is 16.5. The maximum absolute atomic E-state index is 12.6. The van der Waals surface area contributed by atoms with Crippen molar-refractivity contribution in [3.05, 3.63) is 65.1 Å². The van der Waals surface area contributed by atoms with Gasteiger partial charge in [-0.3, -0.25) is 9.59 Å². The van der Waals surface area contributed by atoms with Gasteiger partial charge in [0, 0.05) is 37.5 Å². The molecule has 1 amide bonds. The summed E-state index contributed by atoms with van der Waals surface area (Å²) in [6.07, 6.45) is 3.28. The van der Waals surface area contributed by atoms with Gasteiger partial charge in [-0.2, -0.15) is 5.10 Å². The van der Waals surface area contributed by atoms with Crippen LogP contribution in [0.3, 0.4) is 0 Å². The number of hydrogen-bond donors (Lipinski definition) is 1. The number of ether oxygens (including phenoxy) is 1. The number of methoxy groups -OCH3 is 1. The maximum atomic E-state index is 12.6. The number of anilines is 1. The van der Waals surface area contributed by atoms with E-state index in [-0.39, 0.29) is 17.4 Å². The number of carbonyl (C=O) groups excluding carboxylic acids is 1. The van der Waals surface area contributed by atoms with Crippen molar-refractivity contribution in [3.8, 4) is 17.0 Å². The molecule has 1 N–H and O–H groups in total. The number of rotatable bonds is 7. The van der Waals surface area contributed by atoms with Crippen molar-refractivity contribution in [2.75, 3.05) is 31.6 Å². The molecule has 166 valence electrons. The van der Waals surface area contributed by atoms with Gasteiger partial charge < -0.3 is 15.0 Å². The van der Waals surface area contributed by atoms with Gasteiger partial charge in [0.1, 0.15) is 5.75 Å². The minimum atomic E-state index is -0.178. The molecule has 0 saturated carbocycles. The van der Waals surface area contributed by atoms with E-state index in [1.807, 2.05) is 36.4 Å². The van der Waals surface area contributed by atoms with Crippen LogP contribution < -0.4 is 20.5 Å². The third-order valence-corrected chi connectivity index (χ3v) is 5.56. The summed E-state index contributed by atoms with van der Waals surface area (Å²) in [5, 5.41) is 15.7. The van der Waals surface area contributed by atoms with Gasteiger partial charge in [0.15, 0.2) is 5.82 Å². The van der Waals surface area contributed by atoms with Crippen molar-refractivity contribution in [1.82, 2.24) is 25.3 Å². The molecule has 3 aromatic rings. The first-order valence-electron chi connectivity index (χ1n) is 10.7. The number of aromatic nitrogens is 4. The van der Waals surface area contributed by atoms with Gasteiger partial charge in [-0.1, -0.05) is 0 Å². The molecule has 1 aliphatic heterocycles. The van der Waals surface area contributed by atoms with Crippen LogP contribution in [0.1, 0.15) is 12.8 Å². The minimum absolute atomic E-state index is 0.0125. The normalized spacial score (nSPS) is 15.9. The average Bonchev–Trinajstić information content (AvgIpc) is 2.85. The van der Waals surface area contributed by atoms with E-state index >= 15 is 0 Å². The summed E-state index contributed by atoms with van der Waals surface area (Å²) in [6.45, 7) is 2.14. The Hall–Kier alpha value is -3.75. The predicted octanol–water partition coefficient (Wildman–Crippen LogP) is 1.74. The summed E-state index contributed by atoms with van der Waals surface area (Å²) in [6, 6.07) is 14.6. The Morgan fingerprint density at radius 1 is 1.16 bits per heavy atom. The number of hydrogen-bond acceptors (Lipinski definition) is 7. The quantitative estimate of drug-likeness (QED) is 0.604. The second-order valence-corrected chi connectivity index (χ2v) is 7.67. The molecule has 0 radical (unpaired) electrons. The van der Waals surface area contributed by atoms with E-state index < -0.39 is 0 Å². The molecule has 4 rings (SSSR count). The molecule has 1 saturated heterocycles. The van der Waals surface area contributed by atoms with Gasteiger partial charge in [0.2, 0.25) is 5.91 Å². The molecule has 1 atom stereocenters. The van der Waals surface area contributed by atoms with Crippen LogP contribution in [0.25, 0.3) is 11.3 Å². The Morgan fingerprint density at radius 2 is 2.00 bits per heavy atom. The second-order valence-electron chi connectivity index (χ2n) is 7.67. The molecule has 1 fully saturated rings. The van der Waals surface area contributed by atoms with Crippen molar-refractivity contribution in [2.45, 2.75) is 19.4 Å². The molecule has 0 aliphatic carbocycles. The number of piperidine rings is 1. The maximum Gasteiger partial charge on any atom is 0.266 e. The minimum Gasteiger partial charge on any atom is -0.497 e. The fraction of sp³-hybridized carbons (Fsp3) is 0.348.